The van der Waals surface area contributed by atoms with Gasteiger partial charge in [0.2, 0.25) is 0 Å². The van der Waals surface area contributed by atoms with E-state index in [4.69, 9.17) is 4.74 Å². The quantitative estimate of drug-likeness (QED) is 0.363. The van der Waals surface area contributed by atoms with Crippen molar-refractivity contribution >= 4 is 21.4 Å². The van der Waals surface area contributed by atoms with Gasteiger partial charge in [0.05, 0.1) is 10.6 Å². The van der Waals surface area contributed by atoms with Crippen LogP contribution in [-0.4, -0.2) is 35.8 Å². The summed E-state index contributed by atoms with van der Waals surface area (Å²) in [5.74, 6) is -3.81. The molecule has 0 aliphatic heterocycles. The van der Waals surface area contributed by atoms with Crippen LogP contribution in [0.1, 0.15) is 40.2 Å². The molecular weight excluding hydrogens is 511 g/mol. The predicted octanol–water partition coefficient (Wildman–Crippen LogP) is 4.74. The maximum Gasteiger partial charge on any atom is 0.435 e. The van der Waals surface area contributed by atoms with Crippen molar-refractivity contribution in [2.24, 2.45) is 0 Å². The number of amides is 1. The molecule has 8 nitrogen and oxygen atoms in total. The zero-order valence-corrected chi connectivity index (χ0v) is 19.5. The number of benzene rings is 1. The molecule has 1 saturated carbocycles. The second-order valence-corrected chi connectivity index (χ2v) is 10.2. The van der Waals surface area contributed by atoms with E-state index in [2.05, 4.69) is 20.5 Å². The Labute approximate surface area is 201 Å². The number of carbonyl (C=O) groups is 1. The first-order valence-electron chi connectivity index (χ1n) is 10.3. The molecule has 1 fully saturated rings. The smallest absolute Gasteiger partial charge is 0.432 e. The van der Waals surface area contributed by atoms with E-state index in [0.29, 0.717) is 0 Å². The summed E-state index contributed by atoms with van der Waals surface area (Å²) in [5.41, 5.74) is -4.83. The van der Waals surface area contributed by atoms with Gasteiger partial charge in [-0.15, -0.1) is 10.2 Å². The Bertz CT molecular complexity index is 1470. The highest BCUT2D eigenvalue weighted by Crippen LogP contribution is 2.49. The van der Waals surface area contributed by atoms with Gasteiger partial charge in [-0.3, -0.25) is 4.79 Å². The lowest BCUT2D eigenvalue weighted by Crippen LogP contribution is -2.21. The molecule has 14 heteroatoms. The van der Waals surface area contributed by atoms with Crippen molar-refractivity contribution < 1.29 is 39.9 Å². The van der Waals surface area contributed by atoms with Crippen LogP contribution in [0.25, 0.3) is 0 Å². The van der Waals surface area contributed by atoms with Gasteiger partial charge in [0, 0.05) is 11.9 Å². The van der Waals surface area contributed by atoms with Gasteiger partial charge in [-0.25, -0.2) is 17.8 Å². The second kappa shape index (κ2) is 8.76. The summed E-state index contributed by atoms with van der Waals surface area (Å²) in [7, 11) is -3.65. The topological polar surface area (TPSA) is 111 Å². The number of anilines is 1. The number of carbonyl (C=O) groups excluding carboxylic acids is 1. The van der Waals surface area contributed by atoms with Gasteiger partial charge in [-0.2, -0.15) is 17.6 Å². The summed E-state index contributed by atoms with van der Waals surface area (Å²) in [6.45, 7) is 0.948. The van der Waals surface area contributed by atoms with Crippen molar-refractivity contribution in [3.8, 4) is 11.6 Å². The molecule has 1 aromatic carbocycles. The van der Waals surface area contributed by atoms with E-state index < -0.39 is 62.0 Å². The van der Waals surface area contributed by atoms with E-state index >= 15 is 0 Å². The first-order chi connectivity index (χ1) is 16.7. The van der Waals surface area contributed by atoms with Gasteiger partial charge in [0.15, 0.2) is 26.9 Å². The third-order valence-electron chi connectivity index (χ3n) is 5.37. The standard InChI is InChI=1S/C22H17F5N4O4S/c1-11-16(19(32)28-12-4-3-5-13(10-12)36(2,33)34)20(31-30-17(11)22(25,26)27)35-14-6-7-15(29-18(14)23)21(24)8-9-21/h3-7,10H,8-9H2,1-2H3,(H,28,32). The number of ether oxygens (including phenoxy) is 1. The average molecular weight is 528 g/mol. The zero-order valence-electron chi connectivity index (χ0n) is 18.7. The van der Waals surface area contributed by atoms with Crippen molar-refractivity contribution in [2.75, 3.05) is 11.6 Å². The van der Waals surface area contributed by atoms with Crippen LogP contribution in [0.15, 0.2) is 41.3 Å². The fraction of sp³-hybridized carbons (Fsp3) is 0.273. The first kappa shape index (κ1) is 25.4. The number of sulfone groups is 1. The van der Waals surface area contributed by atoms with E-state index in [1.54, 1.807) is 0 Å². The molecule has 0 spiro atoms. The number of hydrogen-bond donors (Lipinski definition) is 1. The highest BCUT2D eigenvalue weighted by atomic mass is 32.2. The van der Waals surface area contributed by atoms with E-state index in [1.807, 2.05) is 0 Å². The summed E-state index contributed by atoms with van der Waals surface area (Å²) < 4.78 is 97.8. The van der Waals surface area contributed by atoms with Crippen LogP contribution in [0.4, 0.5) is 27.6 Å². The molecule has 1 aliphatic carbocycles. The Hall–Kier alpha value is -3.68. The molecule has 36 heavy (non-hydrogen) atoms. The van der Waals surface area contributed by atoms with Crippen LogP contribution in [0.5, 0.6) is 11.6 Å². The third kappa shape index (κ3) is 5.12. The number of aromatic nitrogens is 3. The van der Waals surface area contributed by atoms with Crippen molar-refractivity contribution in [3.05, 3.63) is 64.9 Å². The number of rotatable bonds is 6. The van der Waals surface area contributed by atoms with Gasteiger partial charge in [0.25, 0.3) is 17.7 Å². The minimum atomic E-state index is -4.98. The number of pyridine rings is 1. The Balaban J connectivity index is 1.73. The van der Waals surface area contributed by atoms with E-state index in [9.17, 15) is 35.2 Å². The number of halogens is 5. The van der Waals surface area contributed by atoms with E-state index in [1.165, 1.54) is 18.2 Å². The molecule has 0 atom stereocenters. The molecule has 0 radical (unpaired) electrons. The van der Waals surface area contributed by atoms with Gasteiger partial charge in [-0.05, 0) is 55.7 Å². The van der Waals surface area contributed by atoms with Gasteiger partial charge in [0.1, 0.15) is 5.56 Å². The van der Waals surface area contributed by atoms with Crippen molar-refractivity contribution in [2.45, 2.75) is 36.5 Å². The fourth-order valence-corrected chi connectivity index (χ4v) is 3.99. The molecule has 0 unspecified atom stereocenters. The lowest BCUT2D eigenvalue weighted by atomic mass is 10.1. The van der Waals surface area contributed by atoms with Crippen LogP contribution < -0.4 is 10.1 Å². The van der Waals surface area contributed by atoms with Gasteiger partial charge in [-0.1, -0.05) is 6.07 Å². The molecule has 2 heterocycles. The average Bonchev–Trinajstić information content (AvgIpc) is 3.52. The molecule has 1 aliphatic rings. The molecule has 4 rings (SSSR count). The Kier molecular flexibility index (Phi) is 6.19. The SMILES string of the molecule is Cc1c(C(F)(F)F)nnc(Oc2ccc(C3(F)CC3)nc2F)c1C(=O)Nc1cccc(S(C)(=O)=O)c1. The number of nitrogens with one attached hydrogen (secondary N) is 1. The molecule has 3 aromatic rings. The zero-order chi connectivity index (χ0) is 26.5. The summed E-state index contributed by atoms with van der Waals surface area (Å²) in [6.07, 6.45) is -3.69. The van der Waals surface area contributed by atoms with Crippen LogP contribution in [0.2, 0.25) is 0 Å². The second-order valence-electron chi connectivity index (χ2n) is 8.16. The summed E-state index contributed by atoms with van der Waals surface area (Å²) in [4.78, 5) is 16.4. The van der Waals surface area contributed by atoms with Crippen LogP contribution >= 0.6 is 0 Å². The lowest BCUT2D eigenvalue weighted by molar-refractivity contribution is -0.142. The number of alkyl halides is 4. The minimum Gasteiger partial charge on any atom is -0.432 e. The summed E-state index contributed by atoms with van der Waals surface area (Å²) >= 11 is 0. The lowest BCUT2D eigenvalue weighted by Gasteiger charge is -2.16. The van der Waals surface area contributed by atoms with Crippen LogP contribution in [0.3, 0.4) is 0 Å². The normalized spacial score (nSPS) is 14.9. The fourth-order valence-electron chi connectivity index (χ4n) is 3.32. The van der Waals surface area contributed by atoms with Gasteiger partial charge < -0.3 is 10.1 Å². The predicted molar refractivity (Wildman–Crippen MR) is 116 cm³/mol. The minimum absolute atomic E-state index is 0.0477. The maximum atomic E-state index is 14.5. The van der Waals surface area contributed by atoms with Crippen molar-refractivity contribution in [3.63, 3.8) is 0 Å². The maximum absolute atomic E-state index is 14.5. The Morgan fingerprint density at radius 3 is 2.42 bits per heavy atom. The first-order valence-corrected chi connectivity index (χ1v) is 12.2. The number of nitrogens with zero attached hydrogens (tertiary/aromatic N) is 3. The Morgan fingerprint density at radius 2 is 1.83 bits per heavy atom. The van der Waals surface area contributed by atoms with Crippen molar-refractivity contribution in [1.29, 1.82) is 0 Å². The molecule has 190 valence electrons. The molecule has 1 amide bonds. The summed E-state index contributed by atoms with van der Waals surface area (Å²) in [6, 6.07) is 7.19. The monoisotopic (exact) mass is 528 g/mol. The highest BCUT2D eigenvalue weighted by Gasteiger charge is 2.47. The van der Waals surface area contributed by atoms with Crippen LogP contribution in [0, 0.1) is 12.9 Å². The molecule has 0 bridgehead atoms. The van der Waals surface area contributed by atoms with Gasteiger partial charge >= 0.3 is 6.18 Å². The number of hydrogen-bond acceptors (Lipinski definition) is 7. The van der Waals surface area contributed by atoms with E-state index in [-0.39, 0.29) is 29.1 Å². The highest BCUT2D eigenvalue weighted by molar-refractivity contribution is 7.90. The van der Waals surface area contributed by atoms with Crippen LogP contribution in [-0.2, 0) is 21.7 Å². The largest absolute Gasteiger partial charge is 0.435 e. The molecule has 0 saturated heterocycles. The molecule has 1 N–H and O–H groups in total. The Morgan fingerprint density at radius 1 is 1.14 bits per heavy atom. The van der Waals surface area contributed by atoms with Crippen molar-refractivity contribution in [1.82, 2.24) is 15.2 Å². The molecular formula is C22H17F5N4O4S. The third-order valence-corrected chi connectivity index (χ3v) is 6.48. The molecule has 2 aromatic heterocycles. The summed E-state index contributed by atoms with van der Waals surface area (Å²) in [5, 5.41) is 8.70. The van der Waals surface area contributed by atoms with E-state index in [0.717, 1.165) is 31.4 Å².